The Morgan fingerprint density at radius 3 is 1.23 bits per heavy atom. The van der Waals surface area contributed by atoms with E-state index in [1.807, 2.05) is 0 Å². The van der Waals surface area contributed by atoms with Crippen LogP contribution >= 0.6 is 7.82 Å². The quantitative estimate of drug-likeness (QED) is 0.0236. The zero-order chi connectivity index (χ0) is 48.1. The molecule has 0 heterocycles. The number of rotatable bonds is 54. The first-order chi connectivity index (χ1) is 32.3. The Bertz CT molecular complexity index is 1130. The molecule has 0 aromatic heterocycles. The highest BCUT2D eigenvalue weighted by atomic mass is 31.2. The van der Waals surface area contributed by atoms with Crippen molar-refractivity contribution in [1.82, 2.24) is 0 Å². The van der Waals surface area contributed by atoms with Crippen LogP contribution in [0.3, 0.4) is 0 Å². The van der Waals surface area contributed by atoms with E-state index in [9.17, 15) is 19.4 Å². The molecule has 0 amide bonds. The molecule has 66 heavy (non-hydrogen) atoms. The molecule has 0 fully saturated rings. The number of carbonyl (C=O) groups is 1. The lowest BCUT2D eigenvalue weighted by atomic mass is 10.0. The molecule has 0 aliphatic heterocycles. The van der Waals surface area contributed by atoms with Crippen LogP contribution in [0.25, 0.3) is 0 Å². The van der Waals surface area contributed by atoms with E-state index in [0.29, 0.717) is 6.61 Å². The van der Waals surface area contributed by atoms with Crippen molar-refractivity contribution in [2.24, 2.45) is 0 Å². The molecule has 0 rings (SSSR count). The van der Waals surface area contributed by atoms with Gasteiger partial charge in [-0.2, -0.15) is 0 Å². The van der Waals surface area contributed by atoms with Gasteiger partial charge in [0, 0.05) is 13.0 Å². The number of phosphoric acid groups is 1. The van der Waals surface area contributed by atoms with E-state index >= 15 is 0 Å². The van der Waals surface area contributed by atoms with Gasteiger partial charge in [0.1, 0.15) is 12.2 Å². The molecule has 0 spiro atoms. The van der Waals surface area contributed by atoms with Gasteiger partial charge < -0.3 is 24.6 Å². The fourth-order valence-corrected chi connectivity index (χ4v) is 8.82. The monoisotopic (exact) mass is 955 g/mol. The molecule has 0 bridgehead atoms. The standard InChI is InChI=1S/C56H107O9P/c1-3-5-7-9-11-13-15-17-19-21-23-25-27-28-30-32-34-36-38-40-42-44-46-48-56(59)65-55(53-64-66(60,61)63-51-54(58)50-57)52-62-49-47-45-43-41-39-37-35-33-31-29-26-24-22-20-18-16-14-12-10-8-6-4-2/h15,17,21-24,54-55,57-58H,3-14,16,18-20,25-53H2,1-2H3,(H,60,61)/b17-15-,23-21-,24-22-. The molecule has 0 radical (unpaired) electrons. The van der Waals surface area contributed by atoms with Crippen molar-refractivity contribution in [2.45, 2.75) is 283 Å². The maximum Gasteiger partial charge on any atom is 0.472 e. The maximum atomic E-state index is 12.7. The topological polar surface area (TPSA) is 132 Å². The number of ether oxygens (including phenoxy) is 2. The van der Waals surface area contributed by atoms with Crippen molar-refractivity contribution in [3.8, 4) is 0 Å². The Morgan fingerprint density at radius 2 is 0.818 bits per heavy atom. The fourth-order valence-electron chi connectivity index (χ4n) is 8.03. The summed E-state index contributed by atoms with van der Waals surface area (Å²) in [4.78, 5) is 22.8. The Labute approximate surface area is 407 Å². The first kappa shape index (κ1) is 64.7. The van der Waals surface area contributed by atoms with Gasteiger partial charge in [0.05, 0.1) is 26.4 Å². The van der Waals surface area contributed by atoms with Crippen LogP contribution in [0.5, 0.6) is 0 Å². The van der Waals surface area contributed by atoms with Gasteiger partial charge in [0.15, 0.2) is 0 Å². The second-order valence-electron chi connectivity index (χ2n) is 19.0. The average molecular weight is 955 g/mol. The van der Waals surface area contributed by atoms with Gasteiger partial charge >= 0.3 is 13.8 Å². The van der Waals surface area contributed by atoms with Gasteiger partial charge in [0.25, 0.3) is 0 Å². The molecule has 10 heteroatoms. The first-order valence-corrected chi connectivity index (χ1v) is 29.5. The van der Waals surface area contributed by atoms with Crippen LogP contribution in [0.4, 0.5) is 0 Å². The van der Waals surface area contributed by atoms with Crippen molar-refractivity contribution in [3.63, 3.8) is 0 Å². The zero-order valence-electron chi connectivity index (χ0n) is 43.2. The lowest BCUT2D eigenvalue weighted by Crippen LogP contribution is -2.29. The number of aliphatic hydroxyl groups is 2. The van der Waals surface area contributed by atoms with E-state index in [1.54, 1.807) is 0 Å². The highest BCUT2D eigenvalue weighted by molar-refractivity contribution is 7.47. The van der Waals surface area contributed by atoms with E-state index in [0.717, 1.165) is 44.9 Å². The summed E-state index contributed by atoms with van der Waals surface area (Å²) < 4.78 is 33.6. The third kappa shape index (κ3) is 52.1. The molecular weight excluding hydrogens is 848 g/mol. The summed E-state index contributed by atoms with van der Waals surface area (Å²) in [5.41, 5.74) is 0. The van der Waals surface area contributed by atoms with Crippen LogP contribution in [0.1, 0.15) is 271 Å². The van der Waals surface area contributed by atoms with Crippen molar-refractivity contribution >= 4 is 13.8 Å². The molecule has 0 aromatic rings. The Kier molecular flexibility index (Phi) is 52.0. The van der Waals surface area contributed by atoms with Crippen LogP contribution in [0.2, 0.25) is 0 Å². The lowest BCUT2D eigenvalue weighted by Gasteiger charge is -2.20. The highest BCUT2D eigenvalue weighted by Crippen LogP contribution is 2.43. The number of unbranched alkanes of at least 4 members (excludes halogenated alkanes) is 34. The number of esters is 1. The maximum absolute atomic E-state index is 12.7. The Hall–Kier alpha value is -1.32. The van der Waals surface area contributed by atoms with Crippen molar-refractivity contribution in [1.29, 1.82) is 0 Å². The summed E-state index contributed by atoms with van der Waals surface area (Å²) in [6.07, 6.45) is 61.2. The molecule has 3 atom stereocenters. The fraction of sp³-hybridized carbons (Fsp3) is 0.875. The molecule has 390 valence electrons. The van der Waals surface area contributed by atoms with Gasteiger partial charge in [-0.3, -0.25) is 13.8 Å². The second-order valence-corrected chi connectivity index (χ2v) is 20.4. The average Bonchev–Trinajstić information content (AvgIpc) is 3.31. The predicted molar refractivity (Wildman–Crippen MR) is 279 cm³/mol. The van der Waals surface area contributed by atoms with Crippen molar-refractivity contribution < 1.29 is 43.0 Å². The van der Waals surface area contributed by atoms with Crippen LogP contribution in [-0.4, -0.2) is 66.3 Å². The molecule has 0 saturated carbocycles. The van der Waals surface area contributed by atoms with E-state index in [-0.39, 0.29) is 25.6 Å². The molecule has 3 N–H and O–H groups in total. The SMILES string of the molecule is CCCCCCC/C=C\C/C=C\CCCCCCCCCCCCCC(=O)OC(COCCCCCCCCCCCC/C=C\CCCCCCCCCC)COP(=O)(O)OCC(O)CO. The number of allylic oxidation sites excluding steroid dienone is 6. The van der Waals surface area contributed by atoms with E-state index < -0.39 is 33.2 Å². The van der Waals surface area contributed by atoms with E-state index in [2.05, 4.69) is 50.3 Å². The normalized spacial score (nSPS) is 14.0. The third-order valence-electron chi connectivity index (χ3n) is 12.3. The van der Waals surface area contributed by atoms with Crippen molar-refractivity contribution in [2.75, 3.05) is 33.0 Å². The minimum absolute atomic E-state index is 0.0499. The minimum atomic E-state index is -4.53. The van der Waals surface area contributed by atoms with Crippen LogP contribution in [0, 0.1) is 0 Å². The number of carbonyl (C=O) groups excluding carboxylic acids is 1. The molecule has 0 aliphatic carbocycles. The predicted octanol–water partition coefficient (Wildman–Crippen LogP) is 16.7. The molecule has 9 nitrogen and oxygen atoms in total. The van der Waals surface area contributed by atoms with Crippen LogP contribution in [-0.2, 0) is 27.9 Å². The summed E-state index contributed by atoms with van der Waals surface area (Å²) in [7, 11) is -4.53. The van der Waals surface area contributed by atoms with Crippen LogP contribution in [0.15, 0.2) is 36.5 Å². The number of aliphatic hydroxyl groups excluding tert-OH is 2. The van der Waals surface area contributed by atoms with Gasteiger partial charge in [-0.15, -0.1) is 0 Å². The lowest BCUT2D eigenvalue weighted by molar-refractivity contribution is -0.154. The van der Waals surface area contributed by atoms with Crippen LogP contribution < -0.4 is 0 Å². The second kappa shape index (κ2) is 53.0. The third-order valence-corrected chi connectivity index (χ3v) is 13.2. The number of phosphoric ester groups is 1. The largest absolute Gasteiger partial charge is 0.472 e. The van der Waals surface area contributed by atoms with Gasteiger partial charge in [-0.05, 0) is 70.6 Å². The van der Waals surface area contributed by atoms with Crippen molar-refractivity contribution in [3.05, 3.63) is 36.5 Å². The summed E-state index contributed by atoms with van der Waals surface area (Å²) in [6, 6.07) is 0. The smallest absolute Gasteiger partial charge is 0.457 e. The van der Waals surface area contributed by atoms with Gasteiger partial charge in [-0.25, -0.2) is 4.57 Å². The zero-order valence-corrected chi connectivity index (χ0v) is 44.1. The molecule has 0 saturated heterocycles. The van der Waals surface area contributed by atoms with E-state index in [1.165, 1.54) is 205 Å². The number of hydrogen-bond acceptors (Lipinski definition) is 8. The molecular formula is C56H107O9P. The number of hydrogen-bond donors (Lipinski definition) is 3. The molecule has 0 aromatic carbocycles. The molecule has 0 aliphatic rings. The van der Waals surface area contributed by atoms with Gasteiger partial charge in [-0.1, -0.05) is 230 Å². The molecule has 3 unspecified atom stereocenters. The Morgan fingerprint density at radius 1 is 0.470 bits per heavy atom. The summed E-state index contributed by atoms with van der Waals surface area (Å²) >= 11 is 0. The first-order valence-electron chi connectivity index (χ1n) is 28.0. The summed E-state index contributed by atoms with van der Waals surface area (Å²) in [5.74, 6) is -0.381. The minimum Gasteiger partial charge on any atom is -0.457 e. The highest BCUT2D eigenvalue weighted by Gasteiger charge is 2.26. The summed E-state index contributed by atoms with van der Waals surface area (Å²) in [5, 5.41) is 18.5. The summed E-state index contributed by atoms with van der Waals surface area (Å²) in [6.45, 7) is 3.56. The van der Waals surface area contributed by atoms with Gasteiger partial charge in [0.2, 0.25) is 0 Å². The van der Waals surface area contributed by atoms with E-state index in [4.69, 9.17) is 23.6 Å². The Balaban J connectivity index is 4.02.